The van der Waals surface area contributed by atoms with Gasteiger partial charge in [0.25, 0.3) is 0 Å². The summed E-state index contributed by atoms with van der Waals surface area (Å²) in [5, 5.41) is 3.21. The summed E-state index contributed by atoms with van der Waals surface area (Å²) in [6.45, 7) is 1.14. The van der Waals surface area contributed by atoms with E-state index in [-0.39, 0.29) is 0 Å². The minimum Gasteiger partial charge on any atom is -0.375 e. The SMILES string of the molecule is CNC[C@@H]1C[C@H]2CC[C@@H]1O2. The molecule has 0 radical (unpaired) electrons. The van der Waals surface area contributed by atoms with Gasteiger partial charge in [0.05, 0.1) is 12.2 Å². The molecule has 2 saturated heterocycles. The van der Waals surface area contributed by atoms with Crippen molar-refractivity contribution in [2.24, 2.45) is 5.92 Å². The minimum atomic E-state index is 0.595. The first kappa shape index (κ1) is 6.62. The summed E-state index contributed by atoms with van der Waals surface area (Å²) in [6, 6.07) is 0. The Bertz CT molecular complexity index is 126. The molecule has 0 unspecified atom stereocenters. The Hall–Kier alpha value is -0.0800. The molecule has 2 fully saturated rings. The number of hydrogen-bond acceptors (Lipinski definition) is 2. The van der Waals surface area contributed by atoms with Crippen LogP contribution in [0.2, 0.25) is 0 Å². The van der Waals surface area contributed by atoms with Crippen molar-refractivity contribution < 1.29 is 4.74 Å². The van der Waals surface area contributed by atoms with Crippen molar-refractivity contribution in [1.82, 2.24) is 5.32 Å². The molecule has 0 aliphatic carbocycles. The Balaban J connectivity index is 1.90. The summed E-state index contributed by atoms with van der Waals surface area (Å²) in [6.07, 6.45) is 5.12. The maximum Gasteiger partial charge on any atom is 0.0621 e. The lowest BCUT2D eigenvalue weighted by Crippen LogP contribution is -2.26. The van der Waals surface area contributed by atoms with Gasteiger partial charge in [-0.1, -0.05) is 0 Å². The van der Waals surface area contributed by atoms with Crippen LogP contribution in [0.1, 0.15) is 19.3 Å². The Kier molecular flexibility index (Phi) is 1.66. The third kappa shape index (κ3) is 0.956. The largest absolute Gasteiger partial charge is 0.375 e. The highest BCUT2D eigenvalue weighted by molar-refractivity contribution is 4.89. The Morgan fingerprint density at radius 1 is 1.50 bits per heavy atom. The Morgan fingerprint density at radius 3 is 2.90 bits per heavy atom. The lowest BCUT2D eigenvalue weighted by atomic mass is 9.89. The standard InChI is InChI=1S/C8H15NO/c1-9-5-6-4-7-2-3-8(6)10-7/h6-9H,2-5H2,1H3/t6-,7+,8-/m0/s1. The van der Waals surface area contributed by atoms with Crippen LogP contribution in [0.25, 0.3) is 0 Å². The van der Waals surface area contributed by atoms with Crippen LogP contribution in [0.4, 0.5) is 0 Å². The number of ether oxygens (including phenoxy) is 1. The van der Waals surface area contributed by atoms with Crippen LogP contribution in [0.5, 0.6) is 0 Å². The second kappa shape index (κ2) is 2.51. The van der Waals surface area contributed by atoms with Gasteiger partial charge in [-0.25, -0.2) is 0 Å². The molecule has 2 rings (SSSR count). The molecule has 3 atom stereocenters. The van der Waals surface area contributed by atoms with Crippen molar-refractivity contribution >= 4 is 0 Å². The molecule has 0 aromatic carbocycles. The predicted octanol–water partition coefficient (Wildman–Crippen LogP) is 0.773. The van der Waals surface area contributed by atoms with Crippen molar-refractivity contribution in [2.45, 2.75) is 31.5 Å². The second-order valence-electron chi connectivity index (χ2n) is 3.43. The molecule has 2 aliphatic rings. The highest BCUT2D eigenvalue weighted by Gasteiger charge is 2.39. The van der Waals surface area contributed by atoms with Crippen LogP contribution in [-0.4, -0.2) is 25.8 Å². The topological polar surface area (TPSA) is 21.3 Å². The monoisotopic (exact) mass is 141 g/mol. The summed E-state index contributed by atoms with van der Waals surface area (Å²) >= 11 is 0. The van der Waals surface area contributed by atoms with Gasteiger partial charge in [-0.3, -0.25) is 0 Å². The van der Waals surface area contributed by atoms with E-state index >= 15 is 0 Å². The Morgan fingerprint density at radius 2 is 2.40 bits per heavy atom. The smallest absolute Gasteiger partial charge is 0.0621 e. The summed E-state index contributed by atoms with van der Waals surface area (Å²) in [7, 11) is 2.02. The molecule has 0 amide bonds. The fourth-order valence-electron chi connectivity index (χ4n) is 2.22. The summed E-state index contributed by atoms with van der Waals surface area (Å²) in [4.78, 5) is 0. The van der Waals surface area contributed by atoms with Gasteiger partial charge in [-0.2, -0.15) is 0 Å². The van der Waals surface area contributed by atoms with E-state index in [2.05, 4.69) is 5.32 Å². The molecule has 2 nitrogen and oxygen atoms in total. The van der Waals surface area contributed by atoms with E-state index in [4.69, 9.17) is 4.74 Å². The quantitative estimate of drug-likeness (QED) is 0.613. The van der Waals surface area contributed by atoms with Crippen molar-refractivity contribution in [2.75, 3.05) is 13.6 Å². The van der Waals surface area contributed by atoms with Gasteiger partial charge in [-0.05, 0) is 26.3 Å². The average molecular weight is 141 g/mol. The van der Waals surface area contributed by atoms with Crippen molar-refractivity contribution in [3.63, 3.8) is 0 Å². The summed E-state index contributed by atoms with van der Waals surface area (Å²) < 4.78 is 5.70. The summed E-state index contributed by atoms with van der Waals surface area (Å²) in [5.41, 5.74) is 0. The molecule has 2 heteroatoms. The molecule has 2 aliphatic heterocycles. The van der Waals surface area contributed by atoms with E-state index in [0.29, 0.717) is 12.2 Å². The van der Waals surface area contributed by atoms with Gasteiger partial charge in [-0.15, -0.1) is 0 Å². The molecule has 1 N–H and O–H groups in total. The van der Waals surface area contributed by atoms with Gasteiger partial charge in [0.1, 0.15) is 0 Å². The normalized spacial score (nSPS) is 44.7. The zero-order valence-corrected chi connectivity index (χ0v) is 6.47. The van der Waals surface area contributed by atoms with E-state index < -0.39 is 0 Å². The number of rotatable bonds is 2. The van der Waals surface area contributed by atoms with Crippen molar-refractivity contribution in [3.8, 4) is 0 Å². The van der Waals surface area contributed by atoms with Crippen LogP contribution in [0, 0.1) is 5.92 Å². The third-order valence-corrected chi connectivity index (χ3v) is 2.70. The average Bonchev–Trinajstić information content (AvgIpc) is 2.48. The number of nitrogens with one attached hydrogen (secondary N) is 1. The van der Waals surface area contributed by atoms with Gasteiger partial charge in [0.2, 0.25) is 0 Å². The summed E-state index contributed by atoms with van der Waals surface area (Å²) in [5.74, 6) is 0.809. The van der Waals surface area contributed by atoms with E-state index in [1.165, 1.54) is 19.3 Å². The highest BCUT2D eigenvalue weighted by atomic mass is 16.5. The fourth-order valence-corrected chi connectivity index (χ4v) is 2.22. The fraction of sp³-hybridized carbons (Fsp3) is 1.00. The number of hydrogen-bond donors (Lipinski definition) is 1. The molecular weight excluding hydrogens is 126 g/mol. The van der Waals surface area contributed by atoms with Crippen LogP contribution < -0.4 is 5.32 Å². The molecule has 2 heterocycles. The van der Waals surface area contributed by atoms with Gasteiger partial charge in [0.15, 0.2) is 0 Å². The zero-order valence-electron chi connectivity index (χ0n) is 6.47. The first-order valence-electron chi connectivity index (χ1n) is 4.20. The van der Waals surface area contributed by atoms with Gasteiger partial charge < -0.3 is 10.1 Å². The van der Waals surface area contributed by atoms with E-state index in [1.54, 1.807) is 0 Å². The van der Waals surface area contributed by atoms with E-state index in [1.807, 2.05) is 7.05 Å². The number of fused-ring (bicyclic) bond motifs is 2. The zero-order chi connectivity index (χ0) is 6.97. The lowest BCUT2D eigenvalue weighted by molar-refractivity contribution is 0.0927. The maximum atomic E-state index is 5.70. The molecule has 10 heavy (non-hydrogen) atoms. The molecule has 0 spiro atoms. The van der Waals surface area contributed by atoms with Crippen LogP contribution in [0.3, 0.4) is 0 Å². The highest BCUT2D eigenvalue weighted by Crippen LogP contribution is 2.38. The second-order valence-corrected chi connectivity index (χ2v) is 3.43. The Labute approximate surface area is 61.9 Å². The van der Waals surface area contributed by atoms with Gasteiger partial charge in [0, 0.05) is 12.5 Å². The first-order valence-corrected chi connectivity index (χ1v) is 4.20. The van der Waals surface area contributed by atoms with Gasteiger partial charge >= 0.3 is 0 Å². The van der Waals surface area contributed by atoms with Crippen LogP contribution in [-0.2, 0) is 4.74 Å². The predicted molar refractivity (Wildman–Crippen MR) is 39.9 cm³/mol. The maximum absolute atomic E-state index is 5.70. The third-order valence-electron chi connectivity index (χ3n) is 2.70. The minimum absolute atomic E-state index is 0.595. The molecule has 58 valence electrons. The van der Waals surface area contributed by atoms with E-state index in [0.717, 1.165) is 12.5 Å². The lowest BCUT2D eigenvalue weighted by Gasteiger charge is -2.17. The van der Waals surface area contributed by atoms with Crippen LogP contribution in [0.15, 0.2) is 0 Å². The van der Waals surface area contributed by atoms with Crippen LogP contribution >= 0.6 is 0 Å². The molecule has 0 aromatic heterocycles. The van der Waals surface area contributed by atoms with E-state index in [9.17, 15) is 0 Å². The molecule has 2 bridgehead atoms. The molecule has 0 aromatic rings. The molecular formula is C8H15NO. The van der Waals surface area contributed by atoms with Crippen molar-refractivity contribution in [1.29, 1.82) is 0 Å². The molecule has 0 saturated carbocycles. The van der Waals surface area contributed by atoms with Crippen molar-refractivity contribution in [3.05, 3.63) is 0 Å². The first-order chi connectivity index (χ1) is 4.90.